The van der Waals surface area contributed by atoms with E-state index in [0.717, 1.165) is 32.1 Å². The molecular weight excluding hydrogens is 212 g/mol. The van der Waals surface area contributed by atoms with E-state index < -0.39 is 0 Å². The van der Waals surface area contributed by atoms with Gasteiger partial charge in [0.05, 0.1) is 12.6 Å². The molecule has 0 aliphatic heterocycles. The average Bonchev–Trinajstić information content (AvgIpc) is 2.28. The van der Waals surface area contributed by atoms with Crippen molar-refractivity contribution in [1.29, 1.82) is 5.53 Å². The molecule has 0 aromatic rings. The molecule has 0 spiro atoms. The van der Waals surface area contributed by atoms with Crippen LogP contribution in [-0.2, 0) is 0 Å². The lowest BCUT2D eigenvalue weighted by atomic mass is 9.83. The Morgan fingerprint density at radius 3 is 2.24 bits per heavy atom. The molecule has 0 amide bonds. The van der Waals surface area contributed by atoms with Crippen LogP contribution in [0.4, 0.5) is 0 Å². The first-order valence-electron chi connectivity index (χ1n) is 7.06. The van der Waals surface area contributed by atoms with Crippen molar-refractivity contribution < 1.29 is 5.11 Å². The van der Waals surface area contributed by atoms with Crippen LogP contribution in [0.5, 0.6) is 0 Å². The monoisotopic (exact) mass is 242 g/mol. The van der Waals surface area contributed by atoms with Crippen molar-refractivity contribution in [1.82, 2.24) is 0 Å². The molecule has 102 valence electrons. The van der Waals surface area contributed by atoms with Crippen LogP contribution < -0.4 is 0 Å². The Bertz CT molecular complexity index is 197. The van der Waals surface area contributed by atoms with E-state index in [1.165, 1.54) is 0 Å². The summed E-state index contributed by atoms with van der Waals surface area (Å²) in [6, 6.07) is 0. The molecule has 17 heavy (non-hydrogen) atoms. The third kappa shape index (κ3) is 7.48. The maximum Gasteiger partial charge on any atom is 0.0624 e. The first-order chi connectivity index (χ1) is 8.04. The summed E-state index contributed by atoms with van der Waals surface area (Å²) in [6.45, 7) is 9.36. The molecule has 0 aliphatic carbocycles. The Labute approximate surface area is 107 Å². The summed E-state index contributed by atoms with van der Waals surface area (Å²) in [5, 5.41) is 13.3. The summed E-state index contributed by atoms with van der Waals surface area (Å²) >= 11 is 0. The van der Waals surface area contributed by atoms with E-state index in [2.05, 4.69) is 32.8 Å². The number of nitrogens with zero attached hydrogens (tertiary/aromatic N) is 1. The van der Waals surface area contributed by atoms with Crippen LogP contribution in [0.2, 0.25) is 0 Å². The van der Waals surface area contributed by atoms with Crippen LogP contribution >= 0.6 is 0 Å². The van der Waals surface area contributed by atoms with Crippen LogP contribution in [0, 0.1) is 23.3 Å². The van der Waals surface area contributed by atoms with Gasteiger partial charge in [-0.1, -0.05) is 40.5 Å². The molecule has 0 saturated heterocycles. The van der Waals surface area contributed by atoms with Crippen LogP contribution in [0.15, 0.2) is 5.11 Å². The second-order valence-corrected chi connectivity index (χ2v) is 5.48. The van der Waals surface area contributed by atoms with Crippen molar-refractivity contribution >= 4 is 0 Å². The lowest BCUT2D eigenvalue weighted by molar-refractivity contribution is 0.121. The van der Waals surface area contributed by atoms with Gasteiger partial charge in [-0.3, -0.25) is 0 Å². The second-order valence-electron chi connectivity index (χ2n) is 5.48. The van der Waals surface area contributed by atoms with Gasteiger partial charge in [-0.05, 0) is 37.0 Å². The van der Waals surface area contributed by atoms with Gasteiger partial charge < -0.3 is 5.11 Å². The Morgan fingerprint density at radius 2 is 1.76 bits per heavy atom. The first kappa shape index (κ1) is 16.6. The quantitative estimate of drug-likeness (QED) is 0.553. The van der Waals surface area contributed by atoms with Crippen molar-refractivity contribution in [3.8, 4) is 0 Å². The number of hydrogen-bond acceptors (Lipinski definition) is 3. The highest BCUT2D eigenvalue weighted by atomic mass is 16.3. The molecule has 0 saturated carbocycles. The van der Waals surface area contributed by atoms with Gasteiger partial charge in [-0.2, -0.15) is 5.11 Å². The Morgan fingerprint density at radius 1 is 1.12 bits per heavy atom. The van der Waals surface area contributed by atoms with E-state index in [0.29, 0.717) is 24.3 Å². The molecule has 0 aromatic carbocycles. The van der Waals surface area contributed by atoms with Crippen LogP contribution in [0.25, 0.3) is 0 Å². The van der Waals surface area contributed by atoms with E-state index in [1.54, 1.807) is 0 Å². The molecule has 3 unspecified atom stereocenters. The summed E-state index contributed by atoms with van der Waals surface area (Å²) < 4.78 is 0. The van der Waals surface area contributed by atoms with Crippen molar-refractivity contribution in [2.45, 2.75) is 65.9 Å². The number of aliphatic hydroxyl groups excluding tert-OH is 1. The Kier molecular flexibility index (Phi) is 9.33. The molecule has 2 N–H and O–H groups in total. The normalized spacial score (nSPS) is 18.4. The van der Waals surface area contributed by atoms with E-state index in [4.69, 9.17) is 5.53 Å². The summed E-state index contributed by atoms with van der Waals surface area (Å²) in [7, 11) is 0. The third-order valence-electron chi connectivity index (χ3n) is 3.86. The number of nitrogens with one attached hydrogen (secondary N) is 1. The van der Waals surface area contributed by atoms with Crippen LogP contribution in [-0.4, -0.2) is 17.8 Å². The van der Waals surface area contributed by atoms with Gasteiger partial charge in [0.25, 0.3) is 0 Å². The topological polar surface area (TPSA) is 56.4 Å². The maximum atomic E-state index is 9.86. The van der Waals surface area contributed by atoms with E-state index in [1.807, 2.05) is 0 Å². The zero-order valence-electron chi connectivity index (χ0n) is 11.9. The minimum absolute atomic E-state index is 0.131. The van der Waals surface area contributed by atoms with Crippen molar-refractivity contribution in [2.75, 3.05) is 6.54 Å². The molecule has 0 radical (unpaired) electrons. The molecule has 0 heterocycles. The van der Waals surface area contributed by atoms with Crippen molar-refractivity contribution in [2.24, 2.45) is 22.9 Å². The fraction of sp³-hybridized carbons (Fsp3) is 1.00. The fourth-order valence-corrected chi connectivity index (χ4v) is 2.35. The number of aliphatic hydroxyl groups is 1. The average molecular weight is 242 g/mol. The minimum Gasteiger partial charge on any atom is -0.393 e. The van der Waals surface area contributed by atoms with Gasteiger partial charge in [-0.25, -0.2) is 5.53 Å². The summed E-state index contributed by atoms with van der Waals surface area (Å²) in [5.41, 5.74) is 6.91. The van der Waals surface area contributed by atoms with Gasteiger partial charge in [0, 0.05) is 0 Å². The highest BCUT2D eigenvalue weighted by molar-refractivity contribution is 4.71. The Hall–Kier alpha value is -0.440. The van der Waals surface area contributed by atoms with Crippen molar-refractivity contribution in [3.05, 3.63) is 0 Å². The predicted octanol–water partition coefficient (Wildman–Crippen LogP) is 4.26. The number of rotatable bonds is 10. The molecule has 0 aliphatic rings. The highest BCUT2D eigenvalue weighted by Gasteiger charge is 2.19. The minimum atomic E-state index is -0.131. The van der Waals surface area contributed by atoms with E-state index in [-0.39, 0.29) is 6.10 Å². The molecule has 0 rings (SSSR count). The summed E-state index contributed by atoms with van der Waals surface area (Å²) in [5.74, 6) is 1.67. The highest BCUT2D eigenvalue weighted by Crippen LogP contribution is 2.26. The lowest BCUT2D eigenvalue weighted by Gasteiger charge is -2.25. The zero-order valence-corrected chi connectivity index (χ0v) is 11.9. The third-order valence-corrected chi connectivity index (χ3v) is 3.86. The lowest BCUT2D eigenvalue weighted by Crippen LogP contribution is -2.19. The molecule has 0 bridgehead atoms. The first-order valence-corrected chi connectivity index (χ1v) is 7.06. The van der Waals surface area contributed by atoms with Crippen LogP contribution in [0.3, 0.4) is 0 Å². The number of hydrogen-bond donors (Lipinski definition) is 2. The summed E-state index contributed by atoms with van der Waals surface area (Å²) in [6.07, 6.45) is 5.06. The van der Waals surface area contributed by atoms with E-state index >= 15 is 0 Å². The largest absolute Gasteiger partial charge is 0.393 e. The van der Waals surface area contributed by atoms with Gasteiger partial charge in [0.2, 0.25) is 0 Å². The smallest absolute Gasteiger partial charge is 0.0624 e. The molecule has 0 aromatic heterocycles. The van der Waals surface area contributed by atoms with Gasteiger partial charge in [-0.15, -0.1) is 0 Å². The van der Waals surface area contributed by atoms with Crippen LogP contribution in [0.1, 0.15) is 59.8 Å². The van der Waals surface area contributed by atoms with Crippen molar-refractivity contribution in [3.63, 3.8) is 0 Å². The standard InChI is InChI=1S/C14H30N2O/c1-5-7-14(17)9-13(6-2)8-11(3)12(4)10-16-15/h11-15,17H,5-10H2,1-4H3/t11-,12?,13?,14?/m1/s1. The predicted molar refractivity (Wildman–Crippen MR) is 72.3 cm³/mol. The molecular formula is C14H30N2O. The summed E-state index contributed by atoms with van der Waals surface area (Å²) in [4.78, 5) is 0. The molecule has 0 fully saturated rings. The maximum absolute atomic E-state index is 9.86. The van der Waals surface area contributed by atoms with Gasteiger partial charge in [0.1, 0.15) is 0 Å². The molecule has 4 atom stereocenters. The molecule has 3 heteroatoms. The zero-order chi connectivity index (χ0) is 13.3. The Balaban J connectivity index is 4.06. The fourth-order valence-electron chi connectivity index (χ4n) is 2.35. The van der Waals surface area contributed by atoms with Gasteiger partial charge >= 0.3 is 0 Å². The van der Waals surface area contributed by atoms with Gasteiger partial charge in [0.15, 0.2) is 0 Å². The SMILES string of the molecule is CCCC(O)CC(CC)C[C@@H](C)C(C)CN=N. The molecule has 3 nitrogen and oxygen atoms in total. The second kappa shape index (κ2) is 9.58. The van der Waals surface area contributed by atoms with E-state index in [9.17, 15) is 5.11 Å².